The lowest BCUT2D eigenvalue weighted by Gasteiger charge is -2.46. The summed E-state index contributed by atoms with van der Waals surface area (Å²) in [7, 11) is 0. The van der Waals surface area contributed by atoms with Gasteiger partial charge < -0.3 is 4.74 Å². The van der Waals surface area contributed by atoms with Crippen molar-refractivity contribution in [2.45, 2.75) is 25.1 Å². The maximum atomic E-state index is 11.1. The smallest absolute Gasteiger partial charge is 0.269 e. The van der Waals surface area contributed by atoms with Gasteiger partial charge in [-0.05, 0) is 35.9 Å². The van der Waals surface area contributed by atoms with Crippen LogP contribution in [0.3, 0.4) is 0 Å². The number of hydrogen-bond acceptors (Lipinski definition) is 5. The van der Waals surface area contributed by atoms with E-state index in [1.165, 1.54) is 12.1 Å². The van der Waals surface area contributed by atoms with Gasteiger partial charge in [0.2, 0.25) is 5.72 Å². The summed E-state index contributed by atoms with van der Waals surface area (Å²) < 4.78 is 6.45. The summed E-state index contributed by atoms with van der Waals surface area (Å²) in [5.74, 6) is 0.742. The number of halogens is 1. The predicted octanol–water partition coefficient (Wildman–Crippen LogP) is 5.66. The van der Waals surface area contributed by atoms with E-state index < -0.39 is 10.6 Å². The standard InChI is InChI=1S/C23H18ClN3O3/c1-23(16-7-10-18(11-8-16)27(28)29)26-21(19-13-17(24)9-12-22(19)30-23)14-20(25-26)15-5-3-2-4-6-15/h2-13,21H,14H2,1H3/t21-,23+/m0/s1. The molecule has 0 unspecified atom stereocenters. The summed E-state index contributed by atoms with van der Waals surface area (Å²) in [6.07, 6.45) is 0.712. The summed E-state index contributed by atoms with van der Waals surface area (Å²) in [4.78, 5) is 10.7. The number of hydrogen-bond donors (Lipinski definition) is 0. The van der Waals surface area contributed by atoms with Crippen molar-refractivity contribution in [2.75, 3.05) is 0 Å². The number of benzene rings is 3. The van der Waals surface area contributed by atoms with Crippen molar-refractivity contribution in [1.82, 2.24) is 5.01 Å². The van der Waals surface area contributed by atoms with Gasteiger partial charge >= 0.3 is 0 Å². The van der Waals surface area contributed by atoms with E-state index >= 15 is 0 Å². The van der Waals surface area contributed by atoms with Crippen LogP contribution in [0.2, 0.25) is 5.02 Å². The van der Waals surface area contributed by atoms with Crippen LogP contribution in [0, 0.1) is 10.1 Å². The highest BCUT2D eigenvalue weighted by atomic mass is 35.5. The third-order valence-corrected chi connectivity index (χ3v) is 5.94. The molecule has 2 aliphatic rings. The van der Waals surface area contributed by atoms with E-state index in [1.54, 1.807) is 18.2 Å². The zero-order valence-electron chi connectivity index (χ0n) is 16.2. The first-order valence-corrected chi connectivity index (χ1v) is 9.99. The van der Waals surface area contributed by atoms with Gasteiger partial charge in [-0.1, -0.05) is 41.9 Å². The summed E-state index contributed by atoms with van der Waals surface area (Å²) in [6, 6.07) is 22.0. The van der Waals surface area contributed by atoms with Crippen LogP contribution in [0.5, 0.6) is 5.75 Å². The molecule has 2 aliphatic heterocycles. The van der Waals surface area contributed by atoms with Gasteiger partial charge in [0.1, 0.15) is 5.75 Å². The summed E-state index contributed by atoms with van der Waals surface area (Å²) in [5.41, 5.74) is 2.91. The van der Waals surface area contributed by atoms with E-state index in [0.29, 0.717) is 11.4 Å². The molecule has 0 radical (unpaired) electrons. The van der Waals surface area contributed by atoms with Gasteiger partial charge in [0.15, 0.2) is 0 Å². The lowest BCUT2D eigenvalue weighted by molar-refractivity contribution is -0.384. The van der Waals surface area contributed by atoms with Gasteiger partial charge in [0.25, 0.3) is 5.69 Å². The first kappa shape index (κ1) is 18.6. The summed E-state index contributed by atoms with van der Waals surface area (Å²) in [6.45, 7) is 1.94. The highest BCUT2D eigenvalue weighted by Gasteiger charge is 2.49. The van der Waals surface area contributed by atoms with E-state index in [1.807, 2.05) is 54.4 Å². The van der Waals surface area contributed by atoms with Crippen LogP contribution >= 0.6 is 11.6 Å². The lowest BCUT2D eigenvalue weighted by atomic mass is 9.92. The fourth-order valence-electron chi connectivity index (χ4n) is 4.17. The molecule has 6 nitrogen and oxygen atoms in total. The Morgan fingerprint density at radius 2 is 1.87 bits per heavy atom. The minimum atomic E-state index is -0.919. The molecule has 0 fully saturated rings. The summed E-state index contributed by atoms with van der Waals surface area (Å²) >= 11 is 6.28. The van der Waals surface area contributed by atoms with Crippen LogP contribution in [0.1, 0.15) is 36.1 Å². The molecule has 30 heavy (non-hydrogen) atoms. The maximum absolute atomic E-state index is 11.1. The van der Waals surface area contributed by atoms with E-state index in [0.717, 1.165) is 28.2 Å². The van der Waals surface area contributed by atoms with Gasteiger partial charge in [-0.3, -0.25) is 10.1 Å². The SMILES string of the molecule is C[C@]1(c2ccc([N+](=O)[O-])cc2)Oc2ccc(Cl)cc2[C@@H]2CC(c3ccccc3)=NN21. The Morgan fingerprint density at radius 3 is 2.57 bits per heavy atom. The molecular formula is C23H18ClN3O3. The average molecular weight is 420 g/mol. The molecule has 5 rings (SSSR count). The number of nitro benzene ring substituents is 1. The highest BCUT2D eigenvalue weighted by Crippen LogP contribution is 2.50. The van der Waals surface area contributed by atoms with Gasteiger partial charge in [0.05, 0.1) is 16.7 Å². The Morgan fingerprint density at radius 1 is 1.13 bits per heavy atom. The Kier molecular flexibility index (Phi) is 4.25. The second kappa shape index (κ2) is 6.85. The van der Waals surface area contributed by atoms with Gasteiger partial charge in [-0.15, -0.1) is 0 Å². The minimum absolute atomic E-state index is 0.0387. The number of fused-ring (bicyclic) bond motifs is 3. The predicted molar refractivity (Wildman–Crippen MR) is 115 cm³/mol. The van der Waals surface area contributed by atoms with Crippen molar-refractivity contribution in [3.05, 3.63) is 105 Å². The molecular weight excluding hydrogens is 402 g/mol. The van der Waals surface area contributed by atoms with Gasteiger partial charge in [-0.25, -0.2) is 5.01 Å². The van der Waals surface area contributed by atoms with Crippen molar-refractivity contribution in [3.8, 4) is 5.75 Å². The Hall–Kier alpha value is -3.38. The third-order valence-electron chi connectivity index (χ3n) is 5.71. The van der Waals surface area contributed by atoms with E-state index in [9.17, 15) is 10.1 Å². The fourth-order valence-corrected chi connectivity index (χ4v) is 4.35. The fraction of sp³-hybridized carbons (Fsp3) is 0.174. The third kappa shape index (κ3) is 2.92. The lowest BCUT2D eigenvalue weighted by Crippen LogP contribution is -2.48. The van der Waals surface area contributed by atoms with Crippen LogP contribution in [-0.2, 0) is 5.72 Å². The maximum Gasteiger partial charge on any atom is 0.269 e. The molecule has 0 saturated heterocycles. The average Bonchev–Trinajstić information content (AvgIpc) is 3.22. The van der Waals surface area contributed by atoms with Crippen molar-refractivity contribution in [2.24, 2.45) is 5.10 Å². The molecule has 0 aliphatic carbocycles. The quantitative estimate of drug-likeness (QED) is 0.405. The number of non-ortho nitro benzene ring substituents is 1. The van der Waals surface area contributed by atoms with Crippen molar-refractivity contribution >= 4 is 23.0 Å². The molecule has 3 aromatic rings. The molecule has 0 spiro atoms. The normalized spacial score (nSPS) is 22.0. The Bertz CT molecular complexity index is 1160. The molecule has 0 aromatic heterocycles. The van der Waals surface area contributed by atoms with Gasteiger partial charge in [0, 0.05) is 41.6 Å². The van der Waals surface area contributed by atoms with Crippen molar-refractivity contribution in [3.63, 3.8) is 0 Å². The van der Waals surface area contributed by atoms with Crippen LogP contribution in [0.15, 0.2) is 77.9 Å². The number of nitro groups is 1. The molecule has 2 heterocycles. The van der Waals surface area contributed by atoms with Crippen molar-refractivity contribution in [1.29, 1.82) is 0 Å². The molecule has 3 aromatic carbocycles. The molecule has 0 N–H and O–H groups in total. The Balaban J connectivity index is 1.64. The molecule has 0 bridgehead atoms. The van der Waals surface area contributed by atoms with Crippen LogP contribution in [0.4, 0.5) is 5.69 Å². The van der Waals surface area contributed by atoms with Crippen LogP contribution in [-0.4, -0.2) is 15.6 Å². The minimum Gasteiger partial charge on any atom is -0.462 e. The van der Waals surface area contributed by atoms with Gasteiger partial charge in [-0.2, -0.15) is 5.10 Å². The first-order chi connectivity index (χ1) is 14.5. The number of ether oxygens (including phenoxy) is 1. The van der Waals surface area contributed by atoms with Crippen LogP contribution in [0.25, 0.3) is 0 Å². The van der Waals surface area contributed by atoms with E-state index in [4.69, 9.17) is 21.4 Å². The zero-order chi connectivity index (χ0) is 20.9. The first-order valence-electron chi connectivity index (χ1n) is 9.61. The second-order valence-electron chi connectivity index (χ2n) is 7.55. The van der Waals surface area contributed by atoms with Crippen molar-refractivity contribution < 1.29 is 9.66 Å². The zero-order valence-corrected chi connectivity index (χ0v) is 16.9. The number of hydrazone groups is 1. The Labute approximate surface area is 178 Å². The van der Waals surface area contributed by atoms with E-state index in [2.05, 4.69) is 0 Å². The molecule has 150 valence electrons. The molecule has 7 heteroatoms. The number of rotatable bonds is 3. The highest BCUT2D eigenvalue weighted by molar-refractivity contribution is 6.30. The van der Waals surface area contributed by atoms with Crippen LogP contribution < -0.4 is 4.74 Å². The molecule has 0 saturated carbocycles. The second-order valence-corrected chi connectivity index (χ2v) is 7.98. The number of nitrogens with zero attached hydrogens (tertiary/aromatic N) is 3. The molecule has 0 amide bonds. The largest absolute Gasteiger partial charge is 0.462 e. The monoisotopic (exact) mass is 419 g/mol. The summed E-state index contributed by atoms with van der Waals surface area (Å²) in [5, 5.41) is 18.6. The molecule has 2 atom stereocenters. The topological polar surface area (TPSA) is 68.0 Å². The van der Waals surface area contributed by atoms with E-state index in [-0.39, 0.29) is 11.7 Å².